The minimum atomic E-state index is -3.38. The largest absolute Gasteiger partial charge is 0.250 e. The van der Waals surface area contributed by atoms with Crippen LogP contribution in [0.4, 0.5) is 0 Å². The Kier molecular flexibility index (Phi) is 3.96. The number of thiophene rings is 1. The molecule has 1 heterocycles. The van der Waals surface area contributed by atoms with Crippen molar-refractivity contribution in [1.29, 1.82) is 0 Å². The zero-order chi connectivity index (χ0) is 11.8. The molecule has 90 valence electrons. The summed E-state index contributed by atoms with van der Waals surface area (Å²) in [7, 11) is -3.38. The van der Waals surface area contributed by atoms with Crippen molar-refractivity contribution in [3.63, 3.8) is 0 Å². The molecule has 0 atom stereocenters. The molecule has 1 N–H and O–H groups in total. The van der Waals surface area contributed by atoms with Crippen LogP contribution in [0.1, 0.15) is 19.3 Å². The van der Waals surface area contributed by atoms with Crippen molar-refractivity contribution in [2.24, 2.45) is 5.92 Å². The van der Waals surface area contributed by atoms with E-state index in [1.807, 2.05) is 0 Å². The maximum atomic E-state index is 11.9. The van der Waals surface area contributed by atoms with Gasteiger partial charge in [-0.2, -0.15) is 0 Å². The second-order valence-electron chi connectivity index (χ2n) is 3.84. The first-order valence-corrected chi connectivity index (χ1v) is 8.40. The van der Waals surface area contributed by atoms with Crippen LogP contribution in [-0.2, 0) is 10.0 Å². The van der Waals surface area contributed by atoms with Gasteiger partial charge in [-0.3, -0.25) is 0 Å². The van der Waals surface area contributed by atoms with E-state index in [2.05, 4.69) is 20.7 Å². The Bertz CT molecular complexity index is 462. The van der Waals surface area contributed by atoms with Gasteiger partial charge in [-0.15, -0.1) is 11.3 Å². The van der Waals surface area contributed by atoms with Gasteiger partial charge in [0.15, 0.2) is 0 Å². The molecule has 0 radical (unpaired) electrons. The van der Waals surface area contributed by atoms with Crippen molar-refractivity contribution < 1.29 is 8.42 Å². The lowest BCUT2D eigenvalue weighted by atomic mass is 9.86. The number of halogens is 2. The molecule has 0 spiro atoms. The van der Waals surface area contributed by atoms with Crippen LogP contribution in [0.15, 0.2) is 14.1 Å². The average Bonchev–Trinajstić information content (AvgIpc) is 2.45. The highest BCUT2D eigenvalue weighted by molar-refractivity contribution is 9.11. The predicted octanol–water partition coefficient (Wildman–Crippen LogP) is 3.24. The summed E-state index contributed by atoms with van der Waals surface area (Å²) in [6.07, 6.45) is 3.46. The van der Waals surface area contributed by atoms with Crippen LogP contribution in [0.2, 0.25) is 5.02 Å². The molecule has 0 bridgehead atoms. The topological polar surface area (TPSA) is 46.2 Å². The molecule has 1 aromatic heterocycles. The van der Waals surface area contributed by atoms with Crippen molar-refractivity contribution in [3.8, 4) is 0 Å². The second-order valence-corrected chi connectivity index (χ2v) is 8.61. The van der Waals surface area contributed by atoms with Crippen LogP contribution in [0.3, 0.4) is 0 Å². The van der Waals surface area contributed by atoms with Crippen LogP contribution >= 0.6 is 38.9 Å². The molecule has 1 saturated carbocycles. The lowest BCUT2D eigenvalue weighted by Gasteiger charge is -2.25. The zero-order valence-electron chi connectivity index (χ0n) is 8.37. The van der Waals surface area contributed by atoms with E-state index in [0.717, 1.165) is 24.2 Å². The fraction of sp³-hybridized carbons (Fsp3) is 0.556. The van der Waals surface area contributed by atoms with Crippen molar-refractivity contribution in [2.75, 3.05) is 6.54 Å². The first kappa shape index (κ1) is 12.8. The van der Waals surface area contributed by atoms with Gasteiger partial charge in [0.05, 0.1) is 8.81 Å². The van der Waals surface area contributed by atoms with E-state index in [9.17, 15) is 8.42 Å². The summed E-state index contributed by atoms with van der Waals surface area (Å²) >= 11 is 10.1. The highest BCUT2D eigenvalue weighted by atomic mass is 79.9. The quantitative estimate of drug-likeness (QED) is 0.911. The minimum Gasteiger partial charge on any atom is -0.210 e. The highest BCUT2D eigenvalue weighted by Crippen LogP contribution is 2.34. The maximum Gasteiger partial charge on any atom is 0.250 e. The van der Waals surface area contributed by atoms with Crippen molar-refractivity contribution in [3.05, 3.63) is 14.9 Å². The summed E-state index contributed by atoms with van der Waals surface area (Å²) in [4.78, 5) is 0. The first-order valence-electron chi connectivity index (χ1n) is 4.93. The number of sulfonamides is 1. The molecule has 2 rings (SSSR count). The van der Waals surface area contributed by atoms with Gasteiger partial charge >= 0.3 is 0 Å². The molecule has 0 unspecified atom stereocenters. The summed E-state index contributed by atoms with van der Waals surface area (Å²) < 4.78 is 27.3. The van der Waals surface area contributed by atoms with Gasteiger partial charge in [0.2, 0.25) is 10.0 Å². The number of hydrogen-bond acceptors (Lipinski definition) is 3. The van der Waals surface area contributed by atoms with E-state index in [1.165, 1.54) is 12.5 Å². The Morgan fingerprint density at radius 3 is 2.69 bits per heavy atom. The minimum absolute atomic E-state index is 0.267. The fourth-order valence-corrected chi connectivity index (χ4v) is 5.01. The summed E-state index contributed by atoms with van der Waals surface area (Å²) in [5, 5.41) is 0.439. The van der Waals surface area contributed by atoms with Crippen molar-refractivity contribution in [1.82, 2.24) is 4.72 Å². The van der Waals surface area contributed by atoms with Gasteiger partial charge in [0.25, 0.3) is 0 Å². The lowest BCUT2D eigenvalue weighted by molar-refractivity contribution is 0.316. The molecule has 0 saturated heterocycles. The molecule has 0 amide bonds. The number of rotatable bonds is 4. The Morgan fingerprint density at radius 2 is 2.25 bits per heavy atom. The molecule has 0 aromatic carbocycles. The van der Waals surface area contributed by atoms with Crippen LogP contribution in [-0.4, -0.2) is 15.0 Å². The van der Waals surface area contributed by atoms with E-state index in [1.54, 1.807) is 0 Å². The highest BCUT2D eigenvalue weighted by Gasteiger charge is 2.23. The third-order valence-corrected chi connectivity index (χ3v) is 7.05. The van der Waals surface area contributed by atoms with Gasteiger partial charge in [0, 0.05) is 6.54 Å². The van der Waals surface area contributed by atoms with Gasteiger partial charge in [-0.1, -0.05) is 18.0 Å². The number of hydrogen-bond donors (Lipinski definition) is 1. The van der Waals surface area contributed by atoms with Gasteiger partial charge < -0.3 is 0 Å². The van der Waals surface area contributed by atoms with E-state index in [4.69, 9.17) is 11.6 Å². The van der Waals surface area contributed by atoms with Gasteiger partial charge in [-0.05, 0) is 40.8 Å². The second kappa shape index (κ2) is 4.94. The summed E-state index contributed by atoms with van der Waals surface area (Å²) in [6.45, 7) is 0.537. The molecule has 1 aliphatic carbocycles. The Morgan fingerprint density at radius 1 is 1.56 bits per heavy atom. The fourth-order valence-electron chi connectivity index (χ4n) is 1.45. The molecular weight excluding hydrogens is 334 g/mol. The van der Waals surface area contributed by atoms with E-state index >= 15 is 0 Å². The Labute approximate surface area is 112 Å². The normalized spacial score (nSPS) is 17.4. The molecule has 16 heavy (non-hydrogen) atoms. The Hall–Kier alpha value is 0.380. The standard InChI is InChI=1S/C9H11BrClNO2S2/c10-9-7(11)4-8(15-9)16(13,14)12-5-6-2-1-3-6/h4,6,12H,1-3,5H2. The maximum absolute atomic E-state index is 11.9. The van der Waals surface area contributed by atoms with E-state index in [0.29, 0.717) is 21.3 Å². The van der Waals surface area contributed by atoms with Crippen LogP contribution in [0.5, 0.6) is 0 Å². The third kappa shape index (κ3) is 2.79. The van der Waals surface area contributed by atoms with Gasteiger partial charge in [0.1, 0.15) is 4.21 Å². The van der Waals surface area contributed by atoms with Crippen molar-refractivity contribution >= 4 is 48.9 Å². The summed E-state index contributed by atoms with van der Waals surface area (Å²) in [5.41, 5.74) is 0. The van der Waals surface area contributed by atoms with Gasteiger partial charge in [-0.25, -0.2) is 13.1 Å². The number of nitrogens with one attached hydrogen (secondary N) is 1. The average molecular weight is 345 g/mol. The monoisotopic (exact) mass is 343 g/mol. The zero-order valence-corrected chi connectivity index (χ0v) is 12.3. The molecule has 7 heteroatoms. The SMILES string of the molecule is O=S(=O)(NCC1CCC1)c1cc(Cl)c(Br)s1. The van der Waals surface area contributed by atoms with Crippen LogP contribution < -0.4 is 4.72 Å². The molecule has 1 fully saturated rings. The van der Waals surface area contributed by atoms with Crippen LogP contribution in [0, 0.1) is 5.92 Å². The van der Waals surface area contributed by atoms with E-state index in [-0.39, 0.29) is 4.21 Å². The molecule has 0 aliphatic heterocycles. The Balaban J connectivity index is 2.05. The summed E-state index contributed by atoms with van der Waals surface area (Å²) in [6, 6.07) is 1.47. The van der Waals surface area contributed by atoms with Crippen LogP contribution in [0.25, 0.3) is 0 Å². The van der Waals surface area contributed by atoms with Crippen molar-refractivity contribution in [2.45, 2.75) is 23.5 Å². The lowest BCUT2D eigenvalue weighted by Crippen LogP contribution is -2.31. The summed E-state index contributed by atoms with van der Waals surface area (Å²) in [5.74, 6) is 0.508. The predicted molar refractivity (Wildman–Crippen MR) is 69.6 cm³/mol. The first-order chi connectivity index (χ1) is 7.49. The molecule has 3 nitrogen and oxygen atoms in total. The molecular formula is C9H11BrClNO2S2. The molecule has 1 aliphatic rings. The molecule has 1 aromatic rings. The smallest absolute Gasteiger partial charge is 0.210 e. The van der Waals surface area contributed by atoms with E-state index < -0.39 is 10.0 Å². The third-order valence-electron chi connectivity index (χ3n) is 2.67.